The van der Waals surface area contributed by atoms with Gasteiger partial charge in [-0.05, 0) is 89.9 Å². The summed E-state index contributed by atoms with van der Waals surface area (Å²) in [5, 5.41) is 23.2. The number of esters is 1. The van der Waals surface area contributed by atoms with Gasteiger partial charge in [-0.25, -0.2) is 0 Å². The van der Waals surface area contributed by atoms with E-state index in [1.807, 2.05) is 0 Å². The average Bonchev–Trinajstić information content (AvgIpc) is 3.36. The summed E-state index contributed by atoms with van der Waals surface area (Å²) in [6, 6.07) is -0.546. The van der Waals surface area contributed by atoms with Crippen LogP contribution in [0, 0.1) is 0 Å². The summed E-state index contributed by atoms with van der Waals surface area (Å²) in [5.74, 6) is -0.0466. The Morgan fingerprint density at radius 2 is 0.714 bits per heavy atom. The van der Waals surface area contributed by atoms with E-state index in [1.54, 1.807) is 0 Å². The topological polar surface area (TPSA) is 95.9 Å². The molecule has 6 nitrogen and oxygen atoms in total. The smallest absolute Gasteiger partial charge is 0.305 e. The number of carbonyl (C=O) groups is 2. The summed E-state index contributed by atoms with van der Waals surface area (Å²) < 4.78 is 5.47. The third-order valence-electron chi connectivity index (χ3n) is 14.1. The zero-order valence-electron chi connectivity index (χ0n) is 46.7. The molecule has 0 fully saturated rings. The number of nitrogens with one attached hydrogen (secondary N) is 1. The average molecular weight is 983 g/mol. The number of amides is 1. The third kappa shape index (κ3) is 55.1. The van der Waals surface area contributed by atoms with Crippen LogP contribution in [-0.4, -0.2) is 47.4 Å². The minimum absolute atomic E-state index is 0.00535. The Bertz CT molecular complexity index is 1180. The zero-order valence-corrected chi connectivity index (χ0v) is 46.7. The predicted molar refractivity (Wildman–Crippen MR) is 306 cm³/mol. The van der Waals surface area contributed by atoms with Crippen molar-refractivity contribution in [2.75, 3.05) is 13.2 Å². The van der Waals surface area contributed by atoms with Crippen molar-refractivity contribution < 1.29 is 24.5 Å². The van der Waals surface area contributed by atoms with Crippen LogP contribution in [0.15, 0.2) is 48.6 Å². The van der Waals surface area contributed by atoms with Gasteiger partial charge >= 0.3 is 5.97 Å². The van der Waals surface area contributed by atoms with Gasteiger partial charge in [0, 0.05) is 12.8 Å². The molecule has 70 heavy (non-hydrogen) atoms. The van der Waals surface area contributed by atoms with E-state index in [4.69, 9.17) is 4.74 Å². The fourth-order valence-corrected chi connectivity index (χ4v) is 9.35. The van der Waals surface area contributed by atoms with Gasteiger partial charge in [0.15, 0.2) is 0 Å². The van der Waals surface area contributed by atoms with Gasteiger partial charge in [-0.2, -0.15) is 0 Å². The van der Waals surface area contributed by atoms with Gasteiger partial charge in [0.05, 0.1) is 25.4 Å². The van der Waals surface area contributed by atoms with Crippen LogP contribution in [-0.2, 0) is 14.3 Å². The molecule has 0 aromatic rings. The van der Waals surface area contributed by atoms with Crippen LogP contribution in [0.4, 0.5) is 0 Å². The third-order valence-corrected chi connectivity index (χ3v) is 14.1. The lowest BCUT2D eigenvalue weighted by atomic mass is 10.0. The first kappa shape index (κ1) is 67.8. The number of carbonyl (C=O) groups excluding carboxylic acids is 2. The molecule has 0 saturated heterocycles. The molecule has 410 valence electrons. The number of ether oxygens (including phenoxy) is 1. The minimum atomic E-state index is -0.668. The lowest BCUT2D eigenvalue weighted by molar-refractivity contribution is -0.143. The Kier molecular flexibility index (Phi) is 57.5. The van der Waals surface area contributed by atoms with E-state index in [0.717, 1.165) is 57.8 Å². The van der Waals surface area contributed by atoms with Crippen molar-refractivity contribution in [3.8, 4) is 0 Å². The van der Waals surface area contributed by atoms with E-state index in [1.165, 1.54) is 231 Å². The SMILES string of the molecule is CCCCC/C=C\C/C=C\CCCCCCCC(=O)OCCCCCCCCCCC/C=C\C/C=C\CCCCCCCCCCCC(=O)NC(CO)C(O)CCCCCCCCCCCCCCC. The van der Waals surface area contributed by atoms with Crippen molar-refractivity contribution in [3.05, 3.63) is 48.6 Å². The second-order valence-corrected chi connectivity index (χ2v) is 21.0. The van der Waals surface area contributed by atoms with Crippen LogP contribution in [0.5, 0.6) is 0 Å². The highest BCUT2D eigenvalue weighted by molar-refractivity contribution is 5.76. The van der Waals surface area contributed by atoms with E-state index in [0.29, 0.717) is 25.9 Å². The molecular weight excluding hydrogens is 863 g/mol. The van der Waals surface area contributed by atoms with Crippen LogP contribution in [0.3, 0.4) is 0 Å². The zero-order chi connectivity index (χ0) is 50.7. The molecule has 6 heteroatoms. The molecule has 0 aromatic carbocycles. The van der Waals surface area contributed by atoms with Crippen molar-refractivity contribution in [3.63, 3.8) is 0 Å². The first-order valence-corrected chi connectivity index (χ1v) is 30.9. The van der Waals surface area contributed by atoms with Gasteiger partial charge in [0.1, 0.15) is 0 Å². The molecule has 0 aromatic heterocycles. The van der Waals surface area contributed by atoms with E-state index < -0.39 is 12.1 Å². The quantitative estimate of drug-likeness (QED) is 0.0321. The van der Waals surface area contributed by atoms with Crippen molar-refractivity contribution >= 4 is 11.9 Å². The molecule has 0 heterocycles. The number of hydrogen-bond acceptors (Lipinski definition) is 5. The van der Waals surface area contributed by atoms with E-state index in [-0.39, 0.29) is 18.5 Å². The summed E-state index contributed by atoms with van der Waals surface area (Å²) in [7, 11) is 0. The second kappa shape index (κ2) is 59.4. The largest absolute Gasteiger partial charge is 0.466 e. The fraction of sp³-hybridized carbons (Fsp3) is 0.844. The molecule has 0 saturated carbocycles. The molecule has 0 radical (unpaired) electrons. The second-order valence-electron chi connectivity index (χ2n) is 21.0. The van der Waals surface area contributed by atoms with Crippen molar-refractivity contribution in [2.45, 2.75) is 334 Å². The van der Waals surface area contributed by atoms with Crippen LogP contribution in [0.2, 0.25) is 0 Å². The van der Waals surface area contributed by atoms with Crippen molar-refractivity contribution in [1.29, 1.82) is 0 Å². The number of aliphatic hydroxyl groups excluding tert-OH is 2. The Morgan fingerprint density at radius 1 is 0.400 bits per heavy atom. The number of hydrogen-bond donors (Lipinski definition) is 3. The summed E-state index contributed by atoms with van der Waals surface area (Å²) in [6.45, 7) is 4.92. The van der Waals surface area contributed by atoms with Crippen LogP contribution < -0.4 is 5.32 Å². The molecule has 0 aliphatic carbocycles. The molecule has 0 aliphatic heterocycles. The first-order chi connectivity index (χ1) is 34.5. The van der Waals surface area contributed by atoms with Gasteiger partial charge in [-0.3, -0.25) is 9.59 Å². The highest BCUT2D eigenvalue weighted by atomic mass is 16.5. The van der Waals surface area contributed by atoms with Crippen molar-refractivity contribution in [1.82, 2.24) is 5.32 Å². The van der Waals surface area contributed by atoms with Crippen LogP contribution in [0.25, 0.3) is 0 Å². The maximum absolute atomic E-state index is 12.5. The Labute approximate surface area is 436 Å². The molecule has 2 unspecified atom stereocenters. The Morgan fingerprint density at radius 3 is 1.11 bits per heavy atom. The first-order valence-electron chi connectivity index (χ1n) is 30.9. The molecular formula is C64H119NO5. The van der Waals surface area contributed by atoms with Gasteiger partial charge in [0.2, 0.25) is 5.91 Å². The summed E-state index contributed by atoms with van der Waals surface area (Å²) in [4.78, 5) is 24.5. The molecule has 2 atom stereocenters. The molecule has 3 N–H and O–H groups in total. The molecule has 0 bridgehead atoms. The monoisotopic (exact) mass is 982 g/mol. The van der Waals surface area contributed by atoms with Gasteiger partial charge in [0.25, 0.3) is 0 Å². The lowest BCUT2D eigenvalue weighted by Gasteiger charge is -2.22. The van der Waals surface area contributed by atoms with Crippen LogP contribution >= 0.6 is 0 Å². The number of aliphatic hydroxyl groups is 2. The fourth-order valence-electron chi connectivity index (χ4n) is 9.35. The highest BCUT2D eigenvalue weighted by Gasteiger charge is 2.20. The number of unbranched alkanes of at least 4 members (excludes halogenated alkanes) is 38. The number of rotatable bonds is 57. The molecule has 0 rings (SSSR count). The maximum Gasteiger partial charge on any atom is 0.305 e. The predicted octanol–water partition coefficient (Wildman–Crippen LogP) is 19.4. The lowest BCUT2D eigenvalue weighted by Crippen LogP contribution is -2.45. The maximum atomic E-state index is 12.5. The minimum Gasteiger partial charge on any atom is -0.466 e. The summed E-state index contributed by atoms with van der Waals surface area (Å²) in [5.41, 5.74) is 0. The van der Waals surface area contributed by atoms with Crippen LogP contribution in [0.1, 0.15) is 322 Å². The highest BCUT2D eigenvalue weighted by Crippen LogP contribution is 2.17. The summed E-state index contributed by atoms with van der Waals surface area (Å²) in [6.07, 6.45) is 75.5. The van der Waals surface area contributed by atoms with Gasteiger partial charge in [-0.15, -0.1) is 0 Å². The molecule has 0 aliphatic rings. The Balaban J connectivity index is 3.44. The Hall–Kier alpha value is -2.18. The van der Waals surface area contributed by atoms with Gasteiger partial charge < -0.3 is 20.3 Å². The van der Waals surface area contributed by atoms with Gasteiger partial charge in [-0.1, -0.05) is 268 Å². The van der Waals surface area contributed by atoms with E-state index >= 15 is 0 Å². The standard InChI is InChI=1S/C64H119NO5/c1-3-5-7-9-11-13-15-17-29-34-38-42-46-50-54-58-64(69)70-59-55-51-47-43-39-35-31-28-26-24-22-20-18-19-21-23-25-27-30-33-37-41-45-49-53-57-63(68)65-61(60-66)62(67)56-52-48-44-40-36-32-16-14-12-10-8-6-4-2/h11,13,17,19-22,29,61-62,66-67H,3-10,12,14-16,18,23-28,30-60H2,1-2H3,(H,65,68)/b13-11-,21-19-,22-20-,29-17-. The normalized spacial score (nSPS) is 12.9. The van der Waals surface area contributed by atoms with Crippen molar-refractivity contribution in [2.24, 2.45) is 0 Å². The van der Waals surface area contributed by atoms with E-state index in [2.05, 4.69) is 67.8 Å². The molecule has 1 amide bonds. The summed E-state index contributed by atoms with van der Waals surface area (Å²) >= 11 is 0. The van der Waals surface area contributed by atoms with E-state index in [9.17, 15) is 19.8 Å². The number of allylic oxidation sites excluding steroid dienone is 8. The molecule has 0 spiro atoms.